The molecule has 8 nitrogen and oxygen atoms in total. The van der Waals surface area contributed by atoms with Crippen LogP contribution in [0.1, 0.15) is 22.3 Å². The largest absolute Gasteiger partial charge is 0.385 e. The minimum absolute atomic E-state index is 0.0319. The van der Waals surface area contributed by atoms with Crippen molar-refractivity contribution >= 4 is 10.1 Å². The van der Waals surface area contributed by atoms with E-state index in [1.807, 2.05) is 97.9 Å². The average Bonchev–Trinajstić information content (AvgIpc) is 3.04. The van der Waals surface area contributed by atoms with Crippen LogP contribution in [0.4, 0.5) is 0 Å². The van der Waals surface area contributed by atoms with Gasteiger partial charge in [-0.2, -0.15) is 8.42 Å². The monoisotopic (exact) mass is 604 g/mol. The molecule has 1 heterocycles. The Hall–Kier alpha value is -3.41. The van der Waals surface area contributed by atoms with Gasteiger partial charge in [0, 0.05) is 0 Å². The molecular formula is C34H36O8S. The summed E-state index contributed by atoms with van der Waals surface area (Å²) in [5.41, 5.74) is 3.61. The van der Waals surface area contributed by atoms with E-state index in [-0.39, 0.29) is 31.3 Å². The molecule has 5 rings (SSSR count). The van der Waals surface area contributed by atoms with Gasteiger partial charge in [0.05, 0.1) is 31.3 Å². The van der Waals surface area contributed by atoms with Crippen molar-refractivity contribution in [2.45, 2.75) is 62.3 Å². The van der Waals surface area contributed by atoms with Gasteiger partial charge in [0.15, 0.2) is 6.29 Å². The molecule has 0 spiro atoms. The summed E-state index contributed by atoms with van der Waals surface area (Å²) < 4.78 is 56.5. The van der Waals surface area contributed by atoms with Gasteiger partial charge in [-0.15, -0.1) is 0 Å². The molecule has 4 aromatic carbocycles. The van der Waals surface area contributed by atoms with Crippen LogP contribution in [-0.2, 0) is 53.1 Å². The topological polar surface area (TPSA) is 101 Å². The van der Waals surface area contributed by atoms with E-state index in [9.17, 15) is 13.5 Å². The highest BCUT2D eigenvalue weighted by molar-refractivity contribution is 7.86. The van der Waals surface area contributed by atoms with Gasteiger partial charge >= 0.3 is 0 Å². The Morgan fingerprint density at radius 3 is 1.63 bits per heavy atom. The molecule has 0 aromatic heterocycles. The lowest BCUT2D eigenvalue weighted by Crippen LogP contribution is -2.61. The fourth-order valence-electron chi connectivity index (χ4n) is 4.77. The van der Waals surface area contributed by atoms with Crippen molar-refractivity contribution in [1.82, 2.24) is 0 Å². The number of aliphatic hydroxyl groups is 1. The minimum atomic E-state index is -4.11. The first-order chi connectivity index (χ1) is 20.9. The number of ether oxygens (including phenoxy) is 4. The number of aryl methyl sites for hydroxylation is 1. The number of aliphatic hydroxyl groups excluding tert-OH is 1. The van der Waals surface area contributed by atoms with Crippen LogP contribution in [-0.4, -0.2) is 50.8 Å². The average molecular weight is 605 g/mol. The molecule has 0 radical (unpaired) electrons. The van der Waals surface area contributed by atoms with Crippen LogP contribution in [0.2, 0.25) is 0 Å². The first-order valence-corrected chi connectivity index (χ1v) is 15.6. The smallest absolute Gasteiger partial charge is 0.297 e. The van der Waals surface area contributed by atoms with Crippen molar-refractivity contribution in [2.24, 2.45) is 0 Å². The van der Waals surface area contributed by atoms with Gasteiger partial charge in [-0.25, -0.2) is 0 Å². The minimum Gasteiger partial charge on any atom is -0.385 e. The Labute approximate surface area is 252 Å². The van der Waals surface area contributed by atoms with E-state index in [1.54, 1.807) is 12.1 Å². The summed E-state index contributed by atoms with van der Waals surface area (Å²) in [5, 5.41) is 11.5. The fourth-order valence-corrected chi connectivity index (χ4v) is 5.69. The van der Waals surface area contributed by atoms with E-state index < -0.39 is 40.8 Å². The summed E-state index contributed by atoms with van der Waals surface area (Å²) in [6.07, 6.45) is -5.13. The molecule has 9 heteroatoms. The summed E-state index contributed by atoms with van der Waals surface area (Å²) >= 11 is 0. The van der Waals surface area contributed by atoms with Crippen LogP contribution in [0.15, 0.2) is 120 Å². The zero-order valence-electron chi connectivity index (χ0n) is 23.9. The molecule has 4 aromatic rings. The molecule has 0 amide bonds. The molecule has 1 fully saturated rings. The van der Waals surface area contributed by atoms with Gasteiger partial charge in [0.2, 0.25) is 0 Å². The summed E-state index contributed by atoms with van der Waals surface area (Å²) in [6.45, 7) is 2.04. The van der Waals surface area contributed by atoms with E-state index in [1.165, 1.54) is 12.1 Å². The fraction of sp³-hybridized carbons (Fsp3) is 0.294. The van der Waals surface area contributed by atoms with E-state index in [0.29, 0.717) is 0 Å². The highest BCUT2D eigenvalue weighted by atomic mass is 32.2. The summed E-state index contributed by atoms with van der Waals surface area (Å²) in [6, 6.07) is 35.0. The van der Waals surface area contributed by atoms with Crippen molar-refractivity contribution in [3.8, 4) is 0 Å². The molecule has 1 saturated heterocycles. The Bertz CT molecular complexity index is 1500. The van der Waals surface area contributed by atoms with Gasteiger partial charge in [-0.3, -0.25) is 4.18 Å². The second kappa shape index (κ2) is 14.9. The standard InChI is InChI=1S/C34H36O8S/c1-25-17-19-29(20-18-25)43(36,37)41-24-30-32(38-21-26-11-5-2-6-12-26)33(39-22-27-13-7-3-8-14-27)31(35)34(42-30)40-23-28-15-9-4-10-16-28/h2-20,30-35H,21-24H2,1H3/t30-,31+,32-,33-,34+/m1/s1. The van der Waals surface area contributed by atoms with Crippen LogP contribution >= 0.6 is 0 Å². The maximum Gasteiger partial charge on any atom is 0.297 e. The van der Waals surface area contributed by atoms with Crippen molar-refractivity contribution in [3.63, 3.8) is 0 Å². The van der Waals surface area contributed by atoms with Crippen LogP contribution in [0.5, 0.6) is 0 Å². The SMILES string of the molecule is Cc1ccc(S(=O)(=O)OC[C@H]2O[C@H](OCc3ccccc3)[C@@H](O)[C@@H](OCc3ccccc3)[C@@H]2OCc2ccccc2)cc1. The second-order valence-electron chi connectivity index (χ2n) is 10.4. The van der Waals surface area contributed by atoms with E-state index >= 15 is 0 Å². The maximum atomic E-state index is 13.1. The van der Waals surface area contributed by atoms with Crippen LogP contribution < -0.4 is 0 Å². The third-order valence-electron chi connectivity index (χ3n) is 7.14. The number of benzene rings is 4. The van der Waals surface area contributed by atoms with Crippen LogP contribution in [0, 0.1) is 6.92 Å². The van der Waals surface area contributed by atoms with E-state index in [2.05, 4.69) is 0 Å². The molecule has 5 atom stereocenters. The number of rotatable bonds is 13. The molecule has 1 aliphatic rings. The number of hydrogen-bond acceptors (Lipinski definition) is 8. The Kier molecular flexibility index (Phi) is 10.7. The Morgan fingerprint density at radius 2 is 1.12 bits per heavy atom. The summed E-state index contributed by atoms with van der Waals surface area (Å²) in [7, 11) is -4.11. The lowest BCUT2D eigenvalue weighted by Gasteiger charge is -2.44. The third kappa shape index (κ3) is 8.58. The lowest BCUT2D eigenvalue weighted by atomic mass is 9.98. The molecular weight excluding hydrogens is 568 g/mol. The van der Waals surface area contributed by atoms with Crippen molar-refractivity contribution in [3.05, 3.63) is 138 Å². The first kappa shape index (κ1) is 31.0. The predicted molar refractivity (Wildman–Crippen MR) is 160 cm³/mol. The maximum absolute atomic E-state index is 13.1. The summed E-state index contributed by atoms with van der Waals surface area (Å²) in [4.78, 5) is 0.0319. The molecule has 0 aliphatic carbocycles. The van der Waals surface area contributed by atoms with Crippen LogP contribution in [0.3, 0.4) is 0 Å². The Balaban J connectivity index is 1.40. The molecule has 0 saturated carbocycles. The van der Waals surface area contributed by atoms with Gasteiger partial charge in [0.25, 0.3) is 10.1 Å². The van der Waals surface area contributed by atoms with Crippen molar-refractivity contribution in [2.75, 3.05) is 6.61 Å². The van der Waals surface area contributed by atoms with Gasteiger partial charge in [-0.1, -0.05) is 109 Å². The molecule has 1 aliphatic heterocycles. The lowest BCUT2D eigenvalue weighted by molar-refractivity contribution is -0.318. The van der Waals surface area contributed by atoms with Gasteiger partial charge < -0.3 is 24.1 Å². The zero-order valence-corrected chi connectivity index (χ0v) is 24.7. The highest BCUT2D eigenvalue weighted by Gasteiger charge is 2.48. The summed E-state index contributed by atoms with van der Waals surface area (Å²) in [5.74, 6) is 0. The zero-order chi connectivity index (χ0) is 30.1. The molecule has 226 valence electrons. The molecule has 0 bridgehead atoms. The molecule has 1 N–H and O–H groups in total. The third-order valence-corrected chi connectivity index (χ3v) is 8.44. The van der Waals surface area contributed by atoms with Gasteiger partial charge in [-0.05, 0) is 35.7 Å². The normalized spacial score (nSPS) is 22.3. The van der Waals surface area contributed by atoms with Crippen LogP contribution in [0.25, 0.3) is 0 Å². The molecule has 43 heavy (non-hydrogen) atoms. The van der Waals surface area contributed by atoms with E-state index in [4.69, 9.17) is 23.1 Å². The first-order valence-electron chi connectivity index (χ1n) is 14.2. The molecule has 0 unspecified atom stereocenters. The number of hydrogen-bond donors (Lipinski definition) is 1. The second-order valence-corrected chi connectivity index (χ2v) is 12.0. The van der Waals surface area contributed by atoms with Crippen molar-refractivity contribution < 1.29 is 36.7 Å². The quantitative estimate of drug-likeness (QED) is 0.209. The predicted octanol–water partition coefficient (Wildman–Crippen LogP) is 5.17. The van der Waals surface area contributed by atoms with E-state index in [0.717, 1.165) is 22.3 Å². The highest BCUT2D eigenvalue weighted by Crippen LogP contribution is 2.30. The van der Waals surface area contributed by atoms with Gasteiger partial charge in [0.1, 0.15) is 24.4 Å². The van der Waals surface area contributed by atoms with Crippen molar-refractivity contribution in [1.29, 1.82) is 0 Å². The Morgan fingerprint density at radius 1 is 0.651 bits per heavy atom.